The third kappa shape index (κ3) is 5.07. The normalized spacial score (nSPS) is 12.2. The van der Waals surface area contributed by atoms with Gasteiger partial charge in [0, 0.05) is 6.54 Å². The molecule has 0 atom stereocenters. The molecule has 0 radical (unpaired) electrons. The second-order valence-electron chi connectivity index (χ2n) is 10.7. The van der Waals surface area contributed by atoms with Crippen molar-refractivity contribution in [3.05, 3.63) is 63.8 Å². The number of rotatable bonds is 8. The Balaban J connectivity index is 1.93. The van der Waals surface area contributed by atoms with Crippen LogP contribution < -0.4 is 10.3 Å². The molecule has 0 aliphatic carbocycles. The summed E-state index contributed by atoms with van der Waals surface area (Å²) in [5.74, 6) is 0.344. The molecule has 0 unspecified atom stereocenters. The van der Waals surface area contributed by atoms with Crippen molar-refractivity contribution in [2.75, 3.05) is 6.61 Å². The molecule has 0 saturated heterocycles. The van der Waals surface area contributed by atoms with Gasteiger partial charge in [-0.05, 0) is 72.1 Å². The number of hydrogen-bond acceptors (Lipinski definition) is 8. The average molecular weight is 539 g/mol. The van der Waals surface area contributed by atoms with Gasteiger partial charge in [-0.2, -0.15) is 0 Å². The fraction of sp³-hybridized carbons (Fsp3) is 0.414. The van der Waals surface area contributed by atoms with E-state index in [4.69, 9.17) is 13.9 Å². The first-order chi connectivity index (χ1) is 17.9. The van der Waals surface area contributed by atoms with Crippen LogP contribution in [-0.2, 0) is 27.9 Å². The van der Waals surface area contributed by atoms with E-state index in [1.165, 1.54) is 17.6 Å². The lowest BCUT2D eigenvalue weighted by molar-refractivity contribution is -0.161. The zero-order valence-electron chi connectivity index (χ0n) is 22.9. The van der Waals surface area contributed by atoms with E-state index in [0.717, 1.165) is 16.9 Å². The van der Waals surface area contributed by atoms with Crippen LogP contribution in [0.25, 0.3) is 21.0 Å². The summed E-state index contributed by atoms with van der Waals surface area (Å²) in [4.78, 5) is 32.9. The Hall–Kier alpha value is -3.59. The number of hydrogen-bond donors (Lipinski definition) is 1. The molecule has 0 saturated carbocycles. The van der Waals surface area contributed by atoms with Gasteiger partial charge in [-0.1, -0.05) is 18.2 Å². The Morgan fingerprint density at radius 2 is 1.89 bits per heavy atom. The Morgan fingerprint density at radius 1 is 1.18 bits per heavy atom. The van der Waals surface area contributed by atoms with Crippen LogP contribution in [0.5, 0.6) is 11.5 Å². The van der Waals surface area contributed by atoms with Crippen molar-refractivity contribution < 1.29 is 23.8 Å². The summed E-state index contributed by atoms with van der Waals surface area (Å²) in [5, 5.41) is 12.0. The maximum Gasteiger partial charge on any atom is 0.316 e. The number of pyridine rings is 1. The molecule has 4 aromatic rings. The highest BCUT2D eigenvalue weighted by molar-refractivity contribution is 7.22. The quantitative estimate of drug-likeness (QED) is 0.275. The van der Waals surface area contributed by atoms with Gasteiger partial charge in [0.1, 0.15) is 28.2 Å². The molecule has 1 aromatic carbocycles. The fourth-order valence-electron chi connectivity index (χ4n) is 4.47. The lowest BCUT2D eigenvalue weighted by Crippen LogP contribution is -2.41. The number of benzene rings is 1. The van der Waals surface area contributed by atoms with Crippen molar-refractivity contribution in [3.63, 3.8) is 0 Å². The SMILES string of the molecule is CCOc1ccccc1CCn1c(=O)c(C(C)(C)C(=O)OC(C)(C)C)c(O)c2c(C)c(-c3ncco3)sc21. The monoisotopic (exact) mass is 538 g/mol. The summed E-state index contributed by atoms with van der Waals surface area (Å²) in [6, 6.07) is 7.71. The van der Waals surface area contributed by atoms with Gasteiger partial charge in [0.25, 0.3) is 5.56 Å². The summed E-state index contributed by atoms with van der Waals surface area (Å²) < 4.78 is 18.6. The number of para-hydroxylation sites is 1. The lowest BCUT2D eigenvalue weighted by atomic mass is 9.83. The van der Waals surface area contributed by atoms with Crippen LogP contribution in [0.1, 0.15) is 58.2 Å². The molecule has 0 bridgehead atoms. The molecule has 3 heterocycles. The molecule has 3 aromatic heterocycles. The van der Waals surface area contributed by atoms with E-state index in [-0.39, 0.29) is 11.3 Å². The highest BCUT2D eigenvalue weighted by Gasteiger charge is 2.41. The van der Waals surface area contributed by atoms with Crippen LogP contribution in [0.15, 0.2) is 45.9 Å². The van der Waals surface area contributed by atoms with Gasteiger partial charge in [-0.15, -0.1) is 11.3 Å². The zero-order chi connectivity index (χ0) is 27.8. The van der Waals surface area contributed by atoms with E-state index < -0.39 is 22.5 Å². The van der Waals surface area contributed by atoms with Crippen molar-refractivity contribution in [3.8, 4) is 22.3 Å². The average Bonchev–Trinajstić information content (AvgIpc) is 3.47. The highest BCUT2D eigenvalue weighted by Crippen LogP contribution is 2.44. The highest BCUT2D eigenvalue weighted by atomic mass is 32.1. The second kappa shape index (κ2) is 10.3. The van der Waals surface area contributed by atoms with Crippen LogP contribution in [0, 0.1) is 6.92 Å². The molecule has 0 aliphatic heterocycles. The second-order valence-corrected chi connectivity index (χ2v) is 11.7. The number of carbonyl (C=O) groups excluding carboxylic acids is 1. The maximum atomic E-state index is 14.1. The molecule has 9 heteroatoms. The van der Waals surface area contributed by atoms with Crippen LogP contribution in [0.2, 0.25) is 0 Å². The van der Waals surface area contributed by atoms with Gasteiger partial charge in [0.15, 0.2) is 0 Å². The number of nitrogens with zero attached hydrogens (tertiary/aromatic N) is 2. The van der Waals surface area contributed by atoms with Crippen molar-refractivity contribution in [2.45, 2.75) is 72.4 Å². The summed E-state index contributed by atoms with van der Waals surface area (Å²) in [5.41, 5.74) is -0.944. The maximum absolute atomic E-state index is 14.1. The molecule has 1 N–H and O–H groups in total. The zero-order valence-corrected chi connectivity index (χ0v) is 23.7. The number of aromatic hydroxyl groups is 1. The first-order valence-electron chi connectivity index (χ1n) is 12.6. The van der Waals surface area contributed by atoms with Gasteiger partial charge in [0.2, 0.25) is 5.89 Å². The van der Waals surface area contributed by atoms with Crippen LogP contribution >= 0.6 is 11.3 Å². The Kier molecular flexibility index (Phi) is 7.43. The summed E-state index contributed by atoms with van der Waals surface area (Å²) in [7, 11) is 0. The largest absolute Gasteiger partial charge is 0.507 e. The number of carbonyl (C=O) groups is 1. The Bertz CT molecular complexity index is 1520. The number of fused-ring (bicyclic) bond motifs is 1. The number of aryl methyl sites for hydroxylation is 3. The van der Waals surface area contributed by atoms with E-state index in [2.05, 4.69) is 4.98 Å². The summed E-state index contributed by atoms with van der Waals surface area (Å²) in [6.45, 7) is 13.1. The minimum atomic E-state index is -1.41. The topological polar surface area (TPSA) is 104 Å². The molecule has 8 nitrogen and oxygen atoms in total. The number of ether oxygens (including phenoxy) is 2. The number of thiophene rings is 1. The van der Waals surface area contributed by atoms with E-state index in [0.29, 0.717) is 40.6 Å². The molecule has 4 rings (SSSR count). The fourth-order valence-corrected chi connectivity index (χ4v) is 5.75. The van der Waals surface area contributed by atoms with Crippen molar-refractivity contribution in [2.24, 2.45) is 0 Å². The third-order valence-electron chi connectivity index (χ3n) is 6.34. The predicted octanol–water partition coefficient (Wildman–Crippen LogP) is 5.99. The number of aromatic nitrogens is 2. The van der Waals surface area contributed by atoms with E-state index in [1.54, 1.807) is 45.4 Å². The third-order valence-corrected chi connectivity index (χ3v) is 7.65. The molecule has 38 heavy (non-hydrogen) atoms. The van der Waals surface area contributed by atoms with E-state index in [1.807, 2.05) is 38.1 Å². The van der Waals surface area contributed by atoms with Crippen LogP contribution in [0.4, 0.5) is 0 Å². The minimum Gasteiger partial charge on any atom is -0.507 e. The van der Waals surface area contributed by atoms with Gasteiger partial charge < -0.3 is 19.0 Å². The summed E-state index contributed by atoms with van der Waals surface area (Å²) >= 11 is 1.32. The first-order valence-corrected chi connectivity index (χ1v) is 13.4. The van der Waals surface area contributed by atoms with E-state index in [9.17, 15) is 14.7 Å². The van der Waals surface area contributed by atoms with Gasteiger partial charge in [-0.25, -0.2) is 4.98 Å². The smallest absolute Gasteiger partial charge is 0.316 e. The predicted molar refractivity (Wildman–Crippen MR) is 148 cm³/mol. The van der Waals surface area contributed by atoms with Gasteiger partial charge in [-0.3, -0.25) is 14.2 Å². The van der Waals surface area contributed by atoms with Gasteiger partial charge >= 0.3 is 5.97 Å². The molecular weight excluding hydrogens is 504 g/mol. The lowest BCUT2D eigenvalue weighted by Gasteiger charge is -2.29. The van der Waals surface area contributed by atoms with E-state index >= 15 is 0 Å². The van der Waals surface area contributed by atoms with Crippen molar-refractivity contribution >= 4 is 27.5 Å². The van der Waals surface area contributed by atoms with Crippen LogP contribution in [-0.4, -0.2) is 32.8 Å². The van der Waals surface area contributed by atoms with Crippen LogP contribution in [0.3, 0.4) is 0 Å². The molecule has 0 aliphatic rings. The molecule has 202 valence electrons. The first kappa shape index (κ1) is 27.4. The minimum absolute atomic E-state index is 0.00259. The molecular formula is C29H34N2O6S. The number of esters is 1. The molecule has 0 fully saturated rings. The van der Waals surface area contributed by atoms with Crippen molar-refractivity contribution in [1.29, 1.82) is 0 Å². The Morgan fingerprint density at radius 3 is 2.53 bits per heavy atom. The summed E-state index contributed by atoms with van der Waals surface area (Å²) in [6.07, 6.45) is 3.54. The Labute approximate surface area is 225 Å². The molecule has 0 amide bonds. The molecule has 0 spiro atoms. The van der Waals surface area contributed by atoms with Gasteiger partial charge in [0.05, 0.1) is 34.0 Å². The number of oxazole rings is 1. The standard InChI is InChI=1S/C29H34N2O6S/c1-8-35-19-12-10-9-11-18(19)13-15-31-25(33)21(29(6,7)27(34)37-28(3,4)5)22(32)20-17(2)23(38-26(20)31)24-30-14-16-36-24/h9-12,14,16,32H,8,13,15H2,1-7H3. The van der Waals surface area contributed by atoms with Crippen molar-refractivity contribution in [1.82, 2.24) is 9.55 Å².